The van der Waals surface area contributed by atoms with Gasteiger partial charge in [-0.15, -0.1) is 12.4 Å². The first-order valence-corrected chi connectivity index (χ1v) is 9.99. The molecule has 28 heavy (non-hydrogen) atoms. The Morgan fingerprint density at radius 1 is 1.04 bits per heavy atom. The Hall–Kier alpha value is -1.91. The van der Waals surface area contributed by atoms with E-state index in [1.54, 1.807) is 11.0 Å². The number of carbonyl (C=O) groups excluding carboxylic acids is 1. The van der Waals surface area contributed by atoms with E-state index in [9.17, 15) is 9.18 Å². The van der Waals surface area contributed by atoms with Crippen molar-refractivity contribution in [1.29, 1.82) is 0 Å². The van der Waals surface area contributed by atoms with Crippen LogP contribution in [0, 0.1) is 18.7 Å². The molecule has 3 nitrogen and oxygen atoms in total. The van der Waals surface area contributed by atoms with Crippen LogP contribution in [-0.2, 0) is 0 Å². The lowest BCUT2D eigenvalue weighted by Crippen LogP contribution is -2.45. The lowest BCUT2D eigenvalue weighted by atomic mass is 10.0. The average Bonchev–Trinajstić information content (AvgIpc) is 3.51. The van der Waals surface area contributed by atoms with E-state index in [0.29, 0.717) is 19.1 Å². The van der Waals surface area contributed by atoms with Gasteiger partial charge in [0, 0.05) is 19.1 Å². The fraction of sp³-hybridized carbons (Fsp3) is 0.435. The van der Waals surface area contributed by atoms with Crippen molar-refractivity contribution in [3.8, 4) is 11.1 Å². The van der Waals surface area contributed by atoms with Gasteiger partial charge in [-0.1, -0.05) is 35.9 Å². The SMILES string of the molecule is Cc1ccc(-c2ccc(C(=O)N3CCC(NCC4CC4)CC3)c(F)c2)cc1.Cl. The highest BCUT2D eigenvalue weighted by Gasteiger charge is 2.27. The Bertz CT molecular complexity index is 812. The molecule has 1 saturated carbocycles. The van der Waals surface area contributed by atoms with Crippen molar-refractivity contribution in [2.45, 2.75) is 38.6 Å². The first kappa shape index (κ1) is 20.8. The summed E-state index contributed by atoms with van der Waals surface area (Å²) < 4.78 is 14.7. The van der Waals surface area contributed by atoms with Gasteiger partial charge in [0.2, 0.25) is 0 Å². The second-order valence-electron chi connectivity index (χ2n) is 7.98. The third-order valence-electron chi connectivity index (χ3n) is 5.76. The topological polar surface area (TPSA) is 32.3 Å². The molecule has 1 aliphatic carbocycles. The number of hydrogen-bond acceptors (Lipinski definition) is 2. The summed E-state index contributed by atoms with van der Waals surface area (Å²) in [7, 11) is 0. The van der Waals surface area contributed by atoms with Crippen molar-refractivity contribution < 1.29 is 9.18 Å². The second-order valence-corrected chi connectivity index (χ2v) is 7.98. The molecule has 4 rings (SSSR count). The molecule has 1 N–H and O–H groups in total. The van der Waals surface area contributed by atoms with Crippen LogP contribution in [0.1, 0.15) is 41.6 Å². The molecule has 0 bridgehead atoms. The van der Waals surface area contributed by atoms with Gasteiger partial charge in [0.1, 0.15) is 5.82 Å². The molecule has 0 radical (unpaired) electrons. The van der Waals surface area contributed by atoms with Gasteiger partial charge in [0.25, 0.3) is 5.91 Å². The summed E-state index contributed by atoms with van der Waals surface area (Å²) in [4.78, 5) is 14.6. The minimum atomic E-state index is -0.438. The molecule has 1 aliphatic heterocycles. The number of nitrogens with one attached hydrogen (secondary N) is 1. The van der Waals surface area contributed by atoms with Crippen LogP contribution in [0.4, 0.5) is 4.39 Å². The number of aryl methyl sites for hydroxylation is 1. The quantitative estimate of drug-likeness (QED) is 0.777. The molecule has 0 atom stereocenters. The van der Waals surface area contributed by atoms with Crippen molar-refractivity contribution in [3.05, 3.63) is 59.4 Å². The zero-order chi connectivity index (χ0) is 18.8. The van der Waals surface area contributed by atoms with E-state index >= 15 is 0 Å². The molecule has 1 amide bonds. The van der Waals surface area contributed by atoms with Crippen molar-refractivity contribution >= 4 is 18.3 Å². The highest BCUT2D eigenvalue weighted by molar-refractivity contribution is 5.95. The Labute approximate surface area is 172 Å². The van der Waals surface area contributed by atoms with Crippen LogP contribution in [0.5, 0.6) is 0 Å². The van der Waals surface area contributed by atoms with Gasteiger partial charge in [0.15, 0.2) is 0 Å². The van der Waals surface area contributed by atoms with Crippen molar-refractivity contribution in [3.63, 3.8) is 0 Å². The molecular weight excluding hydrogens is 375 g/mol. The Balaban J connectivity index is 0.00000225. The van der Waals surface area contributed by atoms with Gasteiger partial charge in [0.05, 0.1) is 5.56 Å². The van der Waals surface area contributed by atoms with E-state index < -0.39 is 5.82 Å². The van der Waals surface area contributed by atoms with Crippen LogP contribution in [-0.4, -0.2) is 36.5 Å². The Kier molecular flexibility index (Phi) is 6.73. The van der Waals surface area contributed by atoms with Crippen LogP contribution in [0.3, 0.4) is 0 Å². The van der Waals surface area contributed by atoms with E-state index in [1.807, 2.05) is 37.3 Å². The number of likely N-dealkylation sites (tertiary alicyclic amines) is 1. The smallest absolute Gasteiger partial charge is 0.256 e. The summed E-state index contributed by atoms with van der Waals surface area (Å²) in [5.74, 6) is 0.237. The molecule has 1 saturated heterocycles. The van der Waals surface area contributed by atoms with E-state index in [2.05, 4.69) is 5.32 Å². The summed E-state index contributed by atoms with van der Waals surface area (Å²) in [6.07, 6.45) is 4.59. The van der Waals surface area contributed by atoms with Gasteiger partial charge in [-0.05, 0) is 68.3 Å². The zero-order valence-electron chi connectivity index (χ0n) is 16.3. The third kappa shape index (κ3) is 4.92. The van der Waals surface area contributed by atoms with Crippen LogP contribution >= 0.6 is 12.4 Å². The number of rotatable bonds is 5. The average molecular weight is 403 g/mol. The van der Waals surface area contributed by atoms with E-state index in [-0.39, 0.29) is 23.9 Å². The first-order valence-electron chi connectivity index (χ1n) is 9.99. The number of benzene rings is 2. The highest BCUT2D eigenvalue weighted by atomic mass is 35.5. The van der Waals surface area contributed by atoms with Gasteiger partial charge in [-0.3, -0.25) is 4.79 Å². The van der Waals surface area contributed by atoms with Crippen LogP contribution in [0.2, 0.25) is 0 Å². The molecule has 0 unspecified atom stereocenters. The predicted molar refractivity (Wildman–Crippen MR) is 113 cm³/mol. The highest BCUT2D eigenvalue weighted by Crippen LogP contribution is 2.28. The molecule has 2 aliphatic rings. The molecule has 2 aromatic carbocycles. The second kappa shape index (κ2) is 9.06. The minimum absolute atomic E-state index is 0. The zero-order valence-corrected chi connectivity index (χ0v) is 17.1. The Morgan fingerprint density at radius 2 is 1.68 bits per heavy atom. The number of nitrogens with zero attached hydrogens (tertiary/aromatic N) is 1. The summed E-state index contributed by atoms with van der Waals surface area (Å²) in [5.41, 5.74) is 3.10. The molecule has 5 heteroatoms. The fourth-order valence-electron chi connectivity index (χ4n) is 3.73. The maximum atomic E-state index is 14.7. The van der Waals surface area contributed by atoms with E-state index in [0.717, 1.165) is 36.4 Å². The van der Waals surface area contributed by atoms with Crippen LogP contribution in [0.25, 0.3) is 11.1 Å². The largest absolute Gasteiger partial charge is 0.338 e. The molecule has 1 heterocycles. The summed E-state index contributed by atoms with van der Waals surface area (Å²) >= 11 is 0. The normalized spacial score (nSPS) is 17.3. The van der Waals surface area contributed by atoms with Gasteiger partial charge in [-0.25, -0.2) is 4.39 Å². The monoisotopic (exact) mass is 402 g/mol. The fourth-order valence-corrected chi connectivity index (χ4v) is 3.73. The van der Waals surface area contributed by atoms with Crippen LogP contribution < -0.4 is 5.32 Å². The van der Waals surface area contributed by atoms with Crippen LogP contribution in [0.15, 0.2) is 42.5 Å². The number of piperidine rings is 1. The van der Waals surface area contributed by atoms with Gasteiger partial charge < -0.3 is 10.2 Å². The minimum Gasteiger partial charge on any atom is -0.338 e. The van der Waals surface area contributed by atoms with Crippen molar-refractivity contribution in [2.24, 2.45) is 5.92 Å². The summed E-state index contributed by atoms with van der Waals surface area (Å²) in [6, 6.07) is 13.4. The maximum absolute atomic E-state index is 14.7. The maximum Gasteiger partial charge on any atom is 0.256 e. The van der Waals surface area contributed by atoms with Crippen molar-refractivity contribution in [1.82, 2.24) is 10.2 Å². The van der Waals surface area contributed by atoms with Gasteiger partial charge in [-0.2, -0.15) is 0 Å². The predicted octanol–water partition coefficient (Wildman–Crippen LogP) is 4.83. The van der Waals surface area contributed by atoms with Crippen molar-refractivity contribution in [2.75, 3.05) is 19.6 Å². The first-order chi connectivity index (χ1) is 13.1. The van der Waals surface area contributed by atoms with E-state index in [4.69, 9.17) is 0 Å². The molecule has 0 spiro atoms. The Morgan fingerprint density at radius 3 is 2.29 bits per heavy atom. The number of hydrogen-bond donors (Lipinski definition) is 1. The number of halogens is 2. The molecule has 2 aromatic rings. The number of amides is 1. The number of carbonyl (C=O) groups is 1. The molecule has 150 valence electrons. The molecule has 0 aromatic heterocycles. The van der Waals surface area contributed by atoms with E-state index in [1.165, 1.54) is 24.5 Å². The molecular formula is C23H28ClFN2O. The third-order valence-corrected chi connectivity index (χ3v) is 5.76. The van der Waals surface area contributed by atoms with Gasteiger partial charge >= 0.3 is 0 Å². The standard InChI is InChI=1S/C23H27FN2O.ClH/c1-16-2-6-18(7-3-16)19-8-9-21(22(24)14-19)23(27)26-12-10-20(11-13-26)25-15-17-4-5-17;/h2-3,6-9,14,17,20,25H,4-5,10-13,15H2,1H3;1H. The lowest BCUT2D eigenvalue weighted by molar-refractivity contribution is 0.0700. The summed E-state index contributed by atoms with van der Waals surface area (Å²) in [6.45, 7) is 4.52. The lowest BCUT2D eigenvalue weighted by Gasteiger charge is -2.32. The summed E-state index contributed by atoms with van der Waals surface area (Å²) in [5, 5.41) is 3.61. The molecule has 2 fully saturated rings.